The highest BCUT2D eigenvalue weighted by atomic mass is 127. The van der Waals surface area contributed by atoms with Crippen molar-refractivity contribution in [3.63, 3.8) is 0 Å². The Hall–Kier alpha value is -1.56. The van der Waals surface area contributed by atoms with Gasteiger partial charge in [-0.25, -0.2) is 0 Å². The zero-order chi connectivity index (χ0) is 13.5. The molecule has 0 fully saturated rings. The first kappa shape index (κ1) is 16.5. The molecule has 0 saturated carbocycles. The summed E-state index contributed by atoms with van der Waals surface area (Å²) in [4.78, 5) is 4.17. The van der Waals surface area contributed by atoms with E-state index in [1.807, 2.05) is 6.08 Å². The van der Waals surface area contributed by atoms with E-state index in [1.54, 1.807) is 7.05 Å². The largest absolute Gasteiger partial charge is 0.353 e. The van der Waals surface area contributed by atoms with Gasteiger partial charge in [0, 0.05) is 20.1 Å². The van der Waals surface area contributed by atoms with Crippen molar-refractivity contribution in [2.45, 2.75) is 6.54 Å². The van der Waals surface area contributed by atoms with Gasteiger partial charge in [-0.2, -0.15) is 0 Å². The minimum atomic E-state index is 0. The maximum Gasteiger partial charge on any atom is 0.191 e. The molecule has 0 aromatic heterocycles. The van der Waals surface area contributed by atoms with Crippen molar-refractivity contribution in [3.8, 4) is 0 Å². The fraction of sp³-hybridized carbons (Fsp3) is 0.188. The van der Waals surface area contributed by atoms with E-state index in [-0.39, 0.29) is 24.0 Å². The lowest BCUT2D eigenvalue weighted by Crippen LogP contribution is -2.36. The maximum absolute atomic E-state index is 4.17. The molecule has 0 amide bonds. The molecule has 106 valence electrons. The van der Waals surface area contributed by atoms with Crippen LogP contribution < -0.4 is 10.6 Å². The van der Waals surface area contributed by atoms with E-state index >= 15 is 0 Å². The van der Waals surface area contributed by atoms with E-state index in [0.29, 0.717) is 6.54 Å². The number of nitrogens with one attached hydrogen (secondary N) is 2. The number of benzene rings is 2. The van der Waals surface area contributed by atoms with Gasteiger partial charge in [0.1, 0.15) is 0 Å². The third-order valence-electron chi connectivity index (χ3n) is 2.96. The van der Waals surface area contributed by atoms with Gasteiger partial charge in [0.2, 0.25) is 0 Å². The summed E-state index contributed by atoms with van der Waals surface area (Å²) in [5.41, 5.74) is 1.26. The fourth-order valence-corrected chi connectivity index (χ4v) is 2.02. The van der Waals surface area contributed by atoms with Crippen molar-refractivity contribution < 1.29 is 0 Å². The number of guanidine groups is 1. The van der Waals surface area contributed by atoms with Gasteiger partial charge in [-0.05, 0) is 16.3 Å². The zero-order valence-electron chi connectivity index (χ0n) is 11.6. The Morgan fingerprint density at radius 2 is 1.90 bits per heavy atom. The highest BCUT2D eigenvalue weighted by Crippen LogP contribution is 2.17. The van der Waals surface area contributed by atoms with Gasteiger partial charge in [-0.3, -0.25) is 4.99 Å². The molecular weight excluding hydrogens is 361 g/mol. The van der Waals surface area contributed by atoms with Gasteiger partial charge < -0.3 is 10.6 Å². The van der Waals surface area contributed by atoms with Crippen molar-refractivity contribution in [2.24, 2.45) is 4.99 Å². The monoisotopic (exact) mass is 381 g/mol. The Morgan fingerprint density at radius 3 is 2.65 bits per heavy atom. The van der Waals surface area contributed by atoms with E-state index in [9.17, 15) is 0 Å². The van der Waals surface area contributed by atoms with Crippen molar-refractivity contribution in [1.29, 1.82) is 0 Å². The summed E-state index contributed by atoms with van der Waals surface area (Å²) in [6, 6.07) is 14.7. The third-order valence-corrected chi connectivity index (χ3v) is 2.96. The van der Waals surface area contributed by atoms with Gasteiger partial charge in [-0.1, -0.05) is 48.5 Å². The SMILES string of the molecule is C=CCNC(=NC)NCc1cccc2ccccc12.I. The molecule has 0 spiro atoms. The number of rotatable bonds is 4. The van der Waals surface area contributed by atoms with E-state index in [0.717, 1.165) is 12.5 Å². The number of hydrogen-bond acceptors (Lipinski definition) is 1. The van der Waals surface area contributed by atoms with Crippen LogP contribution >= 0.6 is 24.0 Å². The Morgan fingerprint density at radius 1 is 1.15 bits per heavy atom. The van der Waals surface area contributed by atoms with Gasteiger partial charge in [-0.15, -0.1) is 30.6 Å². The van der Waals surface area contributed by atoms with Gasteiger partial charge >= 0.3 is 0 Å². The number of fused-ring (bicyclic) bond motifs is 1. The average molecular weight is 381 g/mol. The van der Waals surface area contributed by atoms with E-state index in [4.69, 9.17) is 0 Å². The molecule has 0 unspecified atom stereocenters. The third kappa shape index (κ3) is 4.23. The lowest BCUT2D eigenvalue weighted by Gasteiger charge is -2.12. The van der Waals surface area contributed by atoms with E-state index < -0.39 is 0 Å². The smallest absolute Gasteiger partial charge is 0.191 e. The summed E-state index contributed by atoms with van der Waals surface area (Å²) >= 11 is 0. The van der Waals surface area contributed by atoms with Gasteiger partial charge in [0.25, 0.3) is 0 Å². The second-order valence-corrected chi connectivity index (χ2v) is 4.23. The molecule has 2 N–H and O–H groups in total. The summed E-state index contributed by atoms with van der Waals surface area (Å²) in [6.07, 6.45) is 1.81. The number of halogens is 1. The Balaban J connectivity index is 0.00000200. The molecule has 2 aromatic carbocycles. The Labute approximate surface area is 137 Å². The van der Waals surface area contributed by atoms with Crippen LogP contribution in [0.2, 0.25) is 0 Å². The fourth-order valence-electron chi connectivity index (χ4n) is 2.02. The van der Waals surface area contributed by atoms with Crippen LogP contribution in [0.1, 0.15) is 5.56 Å². The molecule has 3 nitrogen and oxygen atoms in total. The first-order valence-corrected chi connectivity index (χ1v) is 6.37. The number of nitrogens with zero attached hydrogens (tertiary/aromatic N) is 1. The van der Waals surface area contributed by atoms with E-state index in [1.165, 1.54) is 16.3 Å². The minimum absolute atomic E-state index is 0. The zero-order valence-corrected chi connectivity index (χ0v) is 13.9. The topological polar surface area (TPSA) is 36.4 Å². The predicted octanol–water partition coefficient (Wildman–Crippen LogP) is 3.31. The van der Waals surface area contributed by atoms with Gasteiger partial charge in [0.05, 0.1) is 0 Å². The van der Waals surface area contributed by atoms with Crippen LogP contribution in [-0.2, 0) is 6.54 Å². The van der Waals surface area contributed by atoms with E-state index in [2.05, 4.69) is 64.7 Å². The first-order valence-electron chi connectivity index (χ1n) is 6.37. The van der Waals surface area contributed by atoms with Crippen LogP contribution in [0.3, 0.4) is 0 Å². The molecule has 0 saturated heterocycles. The second kappa shape index (κ2) is 8.58. The van der Waals surface area contributed by atoms with Gasteiger partial charge in [0.15, 0.2) is 5.96 Å². The molecule has 0 radical (unpaired) electrons. The molecule has 0 heterocycles. The van der Waals surface area contributed by atoms with Crippen molar-refractivity contribution in [2.75, 3.05) is 13.6 Å². The molecule has 0 atom stereocenters. The van der Waals surface area contributed by atoms with Crippen LogP contribution in [-0.4, -0.2) is 19.6 Å². The number of aliphatic imine (C=N–C) groups is 1. The normalized spacial score (nSPS) is 10.8. The summed E-state index contributed by atoms with van der Waals surface area (Å²) < 4.78 is 0. The summed E-state index contributed by atoms with van der Waals surface area (Å²) in [7, 11) is 1.77. The lowest BCUT2D eigenvalue weighted by molar-refractivity contribution is 0.852. The first-order chi connectivity index (χ1) is 9.35. The predicted molar refractivity (Wildman–Crippen MR) is 97.8 cm³/mol. The maximum atomic E-state index is 4.17. The Bertz CT molecular complexity index is 588. The molecule has 0 bridgehead atoms. The molecule has 0 aliphatic rings. The number of hydrogen-bond donors (Lipinski definition) is 2. The molecule has 0 aliphatic heterocycles. The second-order valence-electron chi connectivity index (χ2n) is 4.23. The van der Waals surface area contributed by atoms with Crippen LogP contribution in [0.5, 0.6) is 0 Å². The highest BCUT2D eigenvalue weighted by molar-refractivity contribution is 14.0. The average Bonchev–Trinajstić information content (AvgIpc) is 2.47. The van der Waals surface area contributed by atoms with Crippen molar-refractivity contribution in [3.05, 3.63) is 60.7 Å². The molecular formula is C16H20IN3. The standard InChI is InChI=1S/C16H19N3.HI/c1-3-11-18-16(17-2)19-12-14-9-6-8-13-7-4-5-10-15(13)14;/h3-10H,1,11-12H2,2H3,(H2,17,18,19);1H. The summed E-state index contributed by atoms with van der Waals surface area (Å²) in [5, 5.41) is 9.00. The molecule has 2 rings (SSSR count). The van der Waals surface area contributed by atoms with Crippen molar-refractivity contribution in [1.82, 2.24) is 10.6 Å². The summed E-state index contributed by atoms with van der Waals surface area (Å²) in [6.45, 7) is 5.13. The molecule has 2 aromatic rings. The lowest BCUT2D eigenvalue weighted by atomic mass is 10.0. The Kier molecular flexibility index (Phi) is 7.08. The summed E-state index contributed by atoms with van der Waals surface area (Å²) in [5.74, 6) is 0.785. The van der Waals surface area contributed by atoms with Crippen LogP contribution in [0, 0.1) is 0 Å². The van der Waals surface area contributed by atoms with Crippen molar-refractivity contribution >= 4 is 40.7 Å². The molecule has 0 aliphatic carbocycles. The molecule has 20 heavy (non-hydrogen) atoms. The van der Waals surface area contributed by atoms with Crippen LogP contribution in [0.4, 0.5) is 0 Å². The minimum Gasteiger partial charge on any atom is -0.353 e. The quantitative estimate of drug-likeness (QED) is 0.369. The van der Waals surface area contributed by atoms with Crippen LogP contribution in [0.15, 0.2) is 60.1 Å². The highest BCUT2D eigenvalue weighted by Gasteiger charge is 2.01. The van der Waals surface area contributed by atoms with Crippen LogP contribution in [0.25, 0.3) is 10.8 Å². The molecule has 4 heteroatoms.